The van der Waals surface area contributed by atoms with Crippen LogP contribution in [0.3, 0.4) is 0 Å². The molecule has 8 heteroatoms. The monoisotopic (exact) mass is 470 g/mol. The largest absolute Gasteiger partial charge is 0.462 e. The van der Waals surface area contributed by atoms with Gasteiger partial charge in [0.2, 0.25) is 0 Å². The molecule has 0 fully saturated rings. The standard InChI is InChI=1S/C26H18N2O5S/c1-2-32-25(31)22-21(16-9-4-3-5-10-16)27-26(34-22)28-23(29)19-14-18-17-11-7-6-8-15(17)12-13-20(18)33-24(19)30/h3-14H,2H2,1H3,(H,27,28,29). The van der Waals surface area contributed by atoms with E-state index in [-0.39, 0.29) is 22.2 Å². The summed E-state index contributed by atoms with van der Waals surface area (Å²) < 4.78 is 10.6. The molecule has 0 atom stereocenters. The van der Waals surface area contributed by atoms with Gasteiger partial charge in [-0.05, 0) is 29.8 Å². The molecule has 34 heavy (non-hydrogen) atoms. The Morgan fingerprint density at radius 3 is 2.56 bits per heavy atom. The SMILES string of the molecule is CCOC(=O)c1sc(NC(=O)c2cc3c(ccc4ccccc43)oc2=O)nc1-c1ccccc1. The second-order valence-corrected chi connectivity index (χ2v) is 8.38. The molecular formula is C26H18N2O5S. The fraction of sp³-hybridized carbons (Fsp3) is 0.0769. The number of aromatic nitrogens is 1. The van der Waals surface area contributed by atoms with Gasteiger partial charge >= 0.3 is 11.6 Å². The molecule has 3 aromatic carbocycles. The molecule has 168 valence electrons. The Morgan fingerprint density at radius 2 is 1.76 bits per heavy atom. The molecule has 1 amide bonds. The van der Waals surface area contributed by atoms with Gasteiger partial charge in [-0.2, -0.15) is 0 Å². The first-order valence-electron chi connectivity index (χ1n) is 10.6. The first kappa shape index (κ1) is 21.5. The third kappa shape index (κ3) is 3.95. The van der Waals surface area contributed by atoms with Crippen molar-refractivity contribution in [2.75, 3.05) is 11.9 Å². The van der Waals surface area contributed by atoms with Crippen LogP contribution in [0, 0.1) is 0 Å². The molecule has 2 aromatic heterocycles. The number of rotatable bonds is 5. The minimum absolute atomic E-state index is 0.155. The van der Waals surface area contributed by atoms with Crippen molar-refractivity contribution in [2.45, 2.75) is 6.92 Å². The molecule has 0 saturated carbocycles. The number of hydrogen-bond acceptors (Lipinski definition) is 7. The summed E-state index contributed by atoms with van der Waals surface area (Å²) >= 11 is 0.987. The summed E-state index contributed by atoms with van der Waals surface area (Å²) in [5.41, 5.74) is 0.587. The van der Waals surface area contributed by atoms with Crippen molar-refractivity contribution in [2.24, 2.45) is 0 Å². The molecule has 0 bridgehead atoms. The highest BCUT2D eigenvalue weighted by atomic mass is 32.1. The number of anilines is 1. The maximum Gasteiger partial charge on any atom is 0.350 e. The third-order valence-electron chi connectivity index (χ3n) is 5.24. The number of nitrogens with one attached hydrogen (secondary N) is 1. The lowest BCUT2D eigenvalue weighted by atomic mass is 10.0. The highest BCUT2D eigenvalue weighted by molar-refractivity contribution is 7.18. The van der Waals surface area contributed by atoms with Crippen molar-refractivity contribution < 1.29 is 18.7 Å². The molecule has 0 saturated heterocycles. The van der Waals surface area contributed by atoms with Gasteiger partial charge in [0.1, 0.15) is 16.0 Å². The van der Waals surface area contributed by atoms with Gasteiger partial charge in [-0.3, -0.25) is 10.1 Å². The summed E-state index contributed by atoms with van der Waals surface area (Å²) in [6.45, 7) is 1.92. The van der Waals surface area contributed by atoms with Crippen LogP contribution >= 0.6 is 11.3 Å². The average Bonchev–Trinajstić information content (AvgIpc) is 3.28. The number of esters is 1. The van der Waals surface area contributed by atoms with E-state index in [1.807, 2.05) is 60.7 Å². The van der Waals surface area contributed by atoms with Crippen LogP contribution in [0.1, 0.15) is 27.0 Å². The van der Waals surface area contributed by atoms with Crippen LogP contribution in [0.4, 0.5) is 5.13 Å². The van der Waals surface area contributed by atoms with Gasteiger partial charge in [0.25, 0.3) is 5.91 Å². The molecular weight excluding hydrogens is 452 g/mol. The Balaban J connectivity index is 1.54. The van der Waals surface area contributed by atoms with E-state index in [2.05, 4.69) is 10.3 Å². The van der Waals surface area contributed by atoms with Crippen LogP contribution in [0.5, 0.6) is 0 Å². The fourth-order valence-corrected chi connectivity index (χ4v) is 4.57. The zero-order valence-corrected chi connectivity index (χ0v) is 18.8. The highest BCUT2D eigenvalue weighted by Crippen LogP contribution is 2.32. The predicted octanol–water partition coefficient (Wildman–Crippen LogP) is 5.50. The maximum atomic E-state index is 13.0. The van der Waals surface area contributed by atoms with Crippen molar-refractivity contribution in [3.63, 3.8) is 0 Å². The van der Waals surface area contributed by atoms with Crippen LogP contribution in [0.2, 0.25) is 0 Å². The van der Waals surface area contributed by atoms with Crippen LogP contribution in [-0.2, 0) is 4.74 Å². The highest BCUT2D eigenvalue weighted by Gasteiger charge is 2.23. The normalized spacial score (nSPS) is 11.0. The molecule has 0 aliphatic carbocycles. The van der Waals surface area contributed by atoms with Crippen molar-refractivity contribution >= 4 is 50.1 Å². The van der Waals surface area contributed by atoms with E-state index in [4.69, 9.17) is 9.15 Å². The number of thiazole rings is 1. The van der Waals surface area contributed by atoms with Gasteiger partial charge < -0.3 is 9.15 Å². The zero-order chi connectivity index (χ0) is 23.7. The summed E-state index contributed by atoms with van der Waals surface area (Å²) in [6, 6.07) is 21.9. The van der Waals surface area contributed by atoms with E-state index in [0.717, 1.165) is 22.1 Å². The lowest BCUT2D eigenvalue weighted by molar-refractivity contribution is 0.0532. The van der Waals surface area contributed by atoms with Crippen molar-refractivity contribution in [1.82, 2.24) is 4.98 Å². The molecule has 5 rings (SSSR count). The summed E-state index contributed by atoms with van der Waals surface area (Å²) in [4.78, 5) is 42.8. The van der Waals surface area contributed by atoms with E-state index in [0.29, 0.717) is 22.2 Å². The summed E-state index contributed by atoms with van der Waals surface area (Å²) in [7, 11) is 0. The molecule has 5 aromatic rings. The Labute approximate surface area is 197 Å². The second-order valence-electron chi connectivity index (χ2n) is 7.38. The first-order valence-corrected chi connectivity index (χ1v) is 11.4. The van der Waals surface area contributed by atoms with E-state index in [1.165, 1.54) is 6.07 Å². The Hall–Kier alpha value is -4.30. The predicted molar refractivity (Wildman–Crippen MR) is 131 cm³/mol. The van der Waals surface area contributed by atoms with Crippen LogP contribution in [0.15, 0.2) is 82.0 Å². The van der Waals surface area contributed by atoms with Gasteiger partial charge in [-0.15, -0.1) is 0 Å². The van der Waals surface area contributed by atoms with Gasteiger partial charge in [-0.25, -0.2) is 14.6 Å². The average molecular weight is 471 g/mol. The first-order chi connectivity index (χ1) is 16.5. The van der Waals surface area contributed by atoms with Gasteiger partial charge in [0.15, 0.2) is 5.13 Å². The minimum atomic E-state index is -0.759. The maximum absolute atomic E-state index is 13.0. The Morgan fingerprint density at radius 1 is 1.00 bits per heavy atom. The Kier molecular flexibility index (Phi) is 5.65. The number of carbonyl (C=O) groups excluding carboxylic acids is 2. The molecule has 1 N–H and O–H groups in total. The van der Waals surface area contributed by atoms with Gasteiger partial charge in [-0.1, -0.05) is 72.0 Å². The number of nitrogens with zero attached hydrogens (tertiary/aromatic N) is 1. The quantitative estimate of drug-likeness (QED) is 0.207. The summed E-state index contributed by atoms with van der Waals surface area (Å²) in [5, 5.41) is 5.29. The van der Waals surface area contributed by atoms with Crippen LogP contribution in [-0.4, -0.2) is 23.5 Å². The number of benzene rings is 3. The van der Waals surface area contributed by atoms with Crippen molar-refractivity contribution in [3.05, 3.63) is 93.7 Å². The van der Waals surface area contributed by atoms with Crippen molar-refractivity contribution in [1.29, 1.82) is 0 Å². The molecule has 2 heterocycles. The van der Waals surface area contributed by atoms with E-state index >= 15 is 0 Å². The van der Waals surface area contributed by atoms with E-state index in [9.17, 15) is 14.4 Å². The summed E-state index contributed by atoms with van der Waals surface area (Å²) in [5.74, 6) is -1.21. The van der Waals surface area contributed by atoms with Gasteiger partial charge in [0.05, 0.1) is 12.3 Å². The molecule has 0 unspecified atom stereocenters. The number of fused-ring (bicyclic) bond motifs is 3. The molecule has 0 aliphatic heterocycles. The van der Waals surface area contributed by atoms with E-state index in [1.54, 1.807) is 13.0 Å². The number of hydrogen-bond donors (Lipinski definition) is 1. The molecule has 0 radical (unpaired) electrons. The number of amides is 1. The molecule has 7 nitrogen and oxygen atoms in total. The van der Waals surface area contributed by atoms with Crippen LogP contribution in [0.25, 0.3) is 33.0 Å². The van der Waals surface area contributed by atoms with E-state index < -0.39 is 17.5 Å². The lowest BCUT2D eigenvalue weighted by Crippen LogP contribution is -2.20. The molecule has 0 aliphatic rings. The fourth-order valence-electron chi connectivity index (χ4n) is 3.69. The van der Waals surface area contributed by atoms with Crippen molar-refractivity contribution in [3.8, 4) is 11.3 Å². The Bertz CT molecular complexity index is 1600. The summed E-state index contributed by atoms with van der Waals surface area (Å²) in [6.07, 6.45) is 0. The zero-order valence-electron chi connectivity index (χ0n) is 18.0. The third-order valence-corrected chi connectivity index (χ3v) is 6.19. The smallest absolute Gasteiger partial charge is 0.350 e. The minimum Gasteiger partial charge on any atom is -0.462 e. The number of carbonyl (C=O) groups is 2. The lowest BCUT2D eigenvalue weighted by Gasteiger charge is -2.05. The topological polar surface area (TPSA) is 98.5 Å². The van der Waals surface area contributed by atoms with Gasteiger partial charge in [0, 0.05) is 10.9 Å². The van der Waals surface area contributed by atoms with Crippen LogP contribution < -0.4 is 10.9 Å². The molecule has 0 spiro atoms. The second kappa shape index (κ2) is 8.92. The number of ether oxygens (including phenoxy) is 1.